The van der Waals surface area contributed by atoms with Gasteiger partial charge in [-0.15, -0.1) is 0 Å². The Kier molecular flexibility index (Phi) is 4.93. The molecule has 0 radical (unpaired) electrons. The Morgan fingerprint density at radius 3 is 2.60 bits per heavy atom. The molecular weight excluding hydrogens is 252 g/mol. The molecule has 2 aromatic rings. The van der Waals surface area contributed by atoms with Gasteiger partial charge in [0.1, 0.15) is 6.26 Å². The highest BCUT2D eigenvalue weighted by Gasteiger charge is 2.12. The minimum absolute atomic E-state index is 0.00777. The maximum Gasteiger partial charge on any atom is 0.226 e. The first-order valence-electron chi connectivity index (χ1n) is 7.02. The van der Waals surface area contributed by atoms with Crippen molar-refractivity contribution >= 4 is 5.91 Å². The molecule has 0 saturated carbocycles. The lowest BCUT2D eigenvalue weighted by Crippen LogP contribution is -2.34. The molecule has 1 heterocycles. The fraction of sp³-hybridized carbons (Fsp3) is 0.375. The minimum atomic E-state index is -0.00777. The van der Waals surface area contributed by atoms with Crippen LogP contribution in [0, 0.1) is 0 Å². The van der Waals surface area contributed by atoms with Gasteiger partial charge in [0.2, 0.25) is 11.8 Å². The van der Waals surface area contributed by atoms with Gasteiger partial charge in [-0.1, -0.05) is 32.0 Å². The van der Waals surface area contributed by atoms with E-state index in [0.29, 0.717) is 11.6 Å². The molecular formula is C16H20N2O2. The zero-order valence-corrected chi connectivity index (χ0v) is 11.9. The van der Waals surface area contributed by atoms with Gasteiger partial charge in [-0.25, -0.2) is 4.98 Å². The summed E-state index contributed by atoms with van der Waals surface area (Å²) in [6.45, 7) is 4.14. The second-order valence-electron chi connectivity index (χ2n) is 4.77. The number of hydrogen-bond donors (Lipinski definition) is 1. The summed E-state index contributed by atoms with van der Waals surface area (Å²) in [5.41, 5.74) is 1.58. The van der Waals surface area contributed by atoms with Crippen molar-refractivity contribution in [2.45, 2.75) is 39.2 Å². The summed E-state index contributed by atoms with van der Waals surface area (Å²) in [4.78, 5) is 16.2. The van der Waals surface area contributed by atoms with Crippen molar-refractivity contribution in [3.05, 3.63) is 42.3 Å². The second-order valence-corrected chi connectivity index (χ2v) is 4.77. The summed E-state index contributed by atoms with van der Waals surface area (Å²) in [7, 11) is 0. The van der Waals surface area contributed by atoms with E-state index in [-0.39, 0.29) is 18.4 Å². The van der Waals surface area contributed by atoms with Crippen LogP contribution < -0.4 is 5.32 Å². The number of aromatic nitrogens is 1. The highest BCUT2D eigenvalue weighted by Crippen LogP contribution is 2.18. The maximum absolute atomic E-state index is 11.9. The monoisotopic (exact) mass is 272 g/mol. The van der Waals surface area contributed by atoms with Crippen molar-refractivity contribution in [3.8, 4) is 11.5 Å². The number of benzene rings is 1. The third-order valence-corrected chi connectivity index (χ3v) is 3.26. The topological polar surface area (TPSA) is 55.1 Å². The first kappa shape index (κ1) is 14.3. The van der Waals surface area contributed by atoms with E-state index in [4.69, 9.17) is 4.42 Å². The zero-order chi connectivity index (χ0) is 14.4. The van der Waals surface area contributed by atoms with Gasteiger partial charge in [0.25, 0.3) is 0 Å². The molecule has 1 aromatic heterocycles. The number of amides is 1. The lowest BCUT2D eigenvalue weighted by Gasteiger charge is -2.13. The van der Waals surface area contributed by atoms with Crippen LogP contribution in [0.2, 0.25) is 0 Å². The molecule has 20 heavy (non-hydrogen) atoms. The van der Waals surface area contributed by atoms with Crippen LogP contribution >= 0.6 is 0 Å². The number of carbonyl (C=O) groups is 1. The summed E-state index contributed by atoms with van der Waals surface area (Å²) in [5, 5.41) is 2.99. The van der Waals surface area contributed by atoms with Crippen molar-refractivity contribution in [2.24, 2.45) is 0 Å². The van der Waals surface area contributed by atoms with Crippen LogP contribution in [0.5, 0.6) is 0 Å². The Morgan fingerprint density at radius 1 is 1.25 bits per heavy atom. The molecule has 0 unspecified atom stereocenters. The molecule has 4 nitrogen and oxygen atoms in total. The van der Waals surface area contributed by atoms with E-state index in [1.165, 1.54) is 0 Å². The largest absolute Gasteiger partial charge is 0.444 e. The Hall–Kier alpha value is -2.10. The fourth-order valence-corrected chi connectivity index (χ4v) is 2.04. The molecule has 0 aliphatic carbocycles. The summed E-state index contributed by atoms with van der Waals surface area (Å²) in [6, 6.07) is 9.90. The Bertz CT molecular complexity index is 545. The standard InChI is InChI=1S/C16H20N2O2/c1-3-13(4-2)17-15(19)10-14-11-20-16(18-14)12-8-6-5-7-9-12/h5-9,11,13H,3-4,10H2,1-2H3,(H,17,19). The van der Waals surface area contributed by atoms with Crippen LogP contribution in [0.3, 0.4) is 0 Å². The summed E-state index contributed by atoms with van der Waals surface area (Å²) in [5.74, 6) is 0.544. The Labute approximate surface area is 119 Å². The third kappa shape index (κ3) is 3.70. The number of nitrogens with one attached hydrogen (secondary N) is 1. The summed E-state index contributed by atoms with van der Waals surface area (Å²) >= 11 is 0. The van der Waals surface area contributed by atoms with Gasteiger partial charge in [0.15, 0.2) is 0 Å². The minimum Gasteiger partial charge on any atom is -0.444 e. The molecule has 0 saturated heterocycles. The summed E-state index contributed by atoms with van der Waals surface area (Å²) < 4.78 is 5.42. The summed E-state index contributed by atoms with van der Waals surface area (Å²) in [6.07, 6.45) is 3.69. The maximum atomic E-state index is 11.9. The Balaban J connectivity index is 1.98. The van der Waals surface area contributed by atoms with Crippen LogP contribution in [-0.2, 0) is 11.2 Å². The second kappa shape index (κ2) is 6.89. The van der Waals surface area contributed by atoms with Gasteiger partial charge in [0.05, 0.1) is 12.1 Å². The van der Waals surface area contributed by atoms with Crippen molar-refractivity contribution in [1.29, 1.82) is 0 Å². The molecule has 0 fully saturated rings. The van der Waals surface area contributed by atoms with Crippen molar-refractivity contribution in [2.75, 3.05) is 0 Å². The SMILES string of the molecule is CCC(CC)NC(=O)Cc1coc(-c2ccccc2)n1. The molecule has 106 valence electrons. The predicted octanol–water partition coefficient (Wildman–Crippen LogP) is 3.19. The van der Waals surface area contributed by atoms with Gasteiger partial charge >= 0.3 is 0 Å². The lowest BCUT2D eigenvalue weighted by molar-refractivity contribution is -0.121. The van der Waals surface area contributed by atoms with Crippen LogP contribution in [0.15, 0.2) is 41.0 Å². The molecule has 0 aliphatic rings. The number of hydrogen-bond acceptors (Lipinski definition) is 3. The van der Waals surface area contributed by atoms with E-state index < -0.39 is 0 Å². The molecule has 0 bridgehead atoms. The Morgan fingerprint density at radius 2 is 1.95 bits per heavy atom. The molecule has 1 N–H and O–H groups in total. The van der Waals surface area contributed by atoms with Gasteiger partial charge < -0.3 is 9.73 Å². The molecule has 0 atom stereocenters. The average molecular weight is 272 g/mol. The van der Waals surface area contributed by atoms with Crippen molar-refractivity contribution in [1.82, 2.24) is 10.3 Å². The molecule has 4 heteroatoms. The van der Waals surface area contributed by atoms with E-state index in [1.807, 2.05) is 30.3 Å². The number of rotatable bonds is 6. The van der Waals surface area contributed by atoms with Gasteiger partial charge in [-0.3, -0.25) is 4.79 Å². The van der Waals surface area contributed by atoms with Crippen LogP contribution in [0.4, 0.5) is 0 Å². The molecule has 0 spiro atoms. The molecule has 2 rings (SSSR count). The lowest BCUT2D eigenvalue weighted by atomic mass is 10.1. The number of oxazole rings is 1. The smallest absolute Gasteiger partial charge is 0.226 e. The molecule has 0 aliphatic heterocycles. The fourth-order valence-electron chi connectivity index (χ4n) is 2.04. The molecule has 1 aromatic carbocycles. The van der Waals surface area contributed by atoms with Gasteiger partial charge in [-0.05, 0) is 25.0 Å². The van der Waals surface area contributed by atoms with E-state index >= 15 is 0 Å². The highest BCUT2D eigenvalue weighted by atomic mass is 16.3. The van der Waals surface area contributed by atoms with Gasteiger partial charge in [0, 0.05) is 11.6 Å². The average Bonchev–Trinajstić information content (AvgIpc) is 2.94. The van der Waals surface area contributed by atoms with Gasteiger partial charge in [-0.2, -0.15) is 0 Å². The van der Waals surface area contributed by atoms with E-state index in [0.717, 1.165) is 18.4 Å². The van der Waals surface area contributed by atoms with E-state index in [1.54, 1.807) is 6.26 Å². The van der Waals surface area contributed by atoms with E-state index in [9.17, 15) is 4.79 Å². The predicted molar refractivity (Wildman–Crippen MR) is 78.2 cm³/mol. The van der Waals surface area contributed by atoms with Crippen molar-refractivity contribution < 1.29 is 9.21 Å². The van der Waals surface area contributed by atoms with Crippen LogP contribution in [0.1, 0.15) is 32.4 Å². The van der Waals surface area contributed by atoms with Crippen molar-refractivity contribution in [3.63, 3.8) is 0 Å². The molecule has 1 amide bonds. The third-order valence-electron chi connectivity index (χ3n) is 3.26. The normalized spacial score (nSPS) is 10.8. The van der Waals surface area contributed by atoms with Crippen LogP contribution in [0.25, 0.3) is 11.5 Å². The van der Waals surface area contributed by atoms with E-state index in [2.05, 4.69) is 24.1 Å². The highest BCUT2D eigenvalue weighted by molar-refractivity contribution is 5.78. The number of carbonyl (C=O) groups excluding carboxylic acids is 1. The quantitative estimate of drug-likeness (QED) is 0.878. The first-order valence-corrected chi connectivity index (χ1v) is 7.02. The number of nitrogens with zero attached hydrogens (tertiary/aromatic N) is 1. The zero-order valence-electron chi connectivity index (χ0n) is 11.9. The van der Waals surface area contributed by atoms with Crippen LogP contribution in [-0.4, -0.2) is 16.9 Å². The first-order chi connectivity index (χ1) is 9.72.